The van der Waals surface area contributed by atoms with Crippen molar-refractivity contribution in [1.29, 1.82) is 0 Å². The van der Waals surface area contributed by atoms with Crippen molar-refractivity contribution in [1.82, 2.24) is 9.78 Å². The van der Waals surface area contributed by atoms with Crippen LogP contribution in [0.25, 0.3) is 0 Å². The van der Waals surface area contributed by atoms with E-state index in [1.54, 1.807) is 0 Å². The van der Waals surface area contributed by atoms with Crippen LogP contribution in [0.5, 0.6) is 0 Å². The van der Waals surface area contributed by atoms with Gasteiger partial charge in [0.25, 0.3) is 6.43 Å². The van der Waals surface area contributed by atoms with E-state index in [9.17, 15) is 8.78 Å². The summed E-state index contributed by atoms with van der Waals surface area (Å²) in [5.41, 5.74) is 1.08. The van der Waals surface area contributed by atoms with Gasteiger partial charge in [-0.3, -0.25) is 0 Å². The SMILES string of the molecule is Cc1cc2n(n1)[C@H](C(F)F)C[C@@H](C13CC4CC(CC(C4)C1)C3)N2. The van der Waals surface area contributed by atoms with Gasteiger partial charge in [0, 0.05) is 12.1 Å². The van der Waals surface area contributed by atoms with Crippen molar-refractivity contribution in [3.8, 4) is 0 Å². The molecule has 0 aromatic carbocycles. The number of nitrogens with zero attached hydrogens (tertiary/aromatic N) is 2. The highest BCUT2D eigenvalue weighted by molar-refractivity contribution is 5.42. The summed E-state index contributed by atoms with van der Waals surface area (Å²) >= 11 is 0. The number of hydrogen-bond donors (Lipinski definition) is 1. The summed E-state index contributed by atoms with van der Waals surface area (Å²) < 4.78 is 28.9. The Hall–Kier alpha value is -1.13. The van der Waals surface area contributed by atoms with Gasteiger partial charge >= 0.3 is 0 Å². The maximum atomic E-state index is 13.7. The second-order valence-electron chi connectivity index (χ2n) is 8.73. The smallest absolute Gasteiger partial charge is 0.260 e. The number of alkyl halides is 2. The third-order valence-corrected chi connectivity index (χ3v) is 7.09. The van der Waals surface area contributed by atoms with E-state index in [0.29, 0.717) is 6.42 Å². The van der Waals surface area contributed by atoms with Crippen LogP contribution in [0.4, 0.5) is 14.6 Å². The first-order valence-electron chi connectivity index (χ1n) is 9.13. The van der Waals surface area contributed by atoms with E-state index in [2.05, 4.69) is 10.4 Å². The summed E-state index contributed by atoms with van der Waals surface area (Å²) in [4.78, 5) is 0. The maximum absolute atomic E-state index is 13.7. The zero-order valence-corrected chi connectivity index (χ0v) is 13.6. The first-order valence-corrected chi connectivity index (χ1v) is 9.13. The molecule has 2 heterocycles. The van der Waals surface area contributed by atoms with Crippen LogP contribution in [0.15, 0.2) is 6.07 Å². The molecule has 0 amide bonds. The van der Waals surface area contributed by atoms with E-state index >= 15 is 0 Å². The molecule has 1 aromatic rings. The molecular formula is C18H25F2N3. The van der Waals surface area contributed by atoms with Gasteiger partial charge in [0.15, 0.2) is 0 Å². The van der Waals surface area contributed by atoms with Gasteiger partial charge in [-0.25, -0.2) is 13.5 Å². The van der Waals surface area contributed by atoms with Gasteiger partial charge in [0.2, 0.25) is 0 Å². The summed E-state index contributed by atoms with van der Waals surface area (Å²) in [6.45, 7) is 1.88. The van der Waals surface area contributed by atoms with E-state index in [1.807, 2.05) is 13.0 Å². The minimum absolute atomic E-state index is 0.193. The summed E-state index contributed by atoms with van der Waals surface area (Å²) in [6, 6.07) is 1.36. The van der Waals surface area contributed by atoms with Crippen molar-refractivity contribution in [3.05, 3.63) is 11.8 Å². The Morgan fingerprint density at radius 3 is 2.30 bits per heavy atom. The molecule has 4 bridgehead atoms. The van der Waals surface area contributed by atoms with Gasteiger partial charge in [-0.15, -0.1) is 0 Å². The van der Waals surface area contributed by atoms with Crippen molar-refractivity contribution in [2.75, 3.05) is 5.32 Å². The number of hydrogen-bond acceptors (Lipinski definition) is 2. The van der Waals surface area contributed by atoms with Crippen LogP contribution < -0.4 is 5.32 Å². The lowest BCUT2D eigenvalue weighted by Crippen LogP contribution is -2.56. The predicted molar refractivity (Wildman–Crippen MR) is 84.6 cm³/mol. The molecule has 1 N–H and O–H groups in total. The lowest BCUT2D eigenvalue weighted by Gasteiger charge is -2.60. The minimum Gasteiger partial charge on any atom is -0.367 e. The van der Waals surface area contributed by atoms with Crippen molar-refractivity contribution >= 4 is 5.82 Å². The van der Waals surface area contributed by atoms with E-state index in [4.69, 9.17) is 0 Å². The highest BCUT2D eigenvalue weighted by Crippen LogP contribution is 2.62. The lowest BCUT2D eigenvalue weighted by molar-refractivity contribution is -0.0723. The molecule has 5 aliphatic rings. The minimum atomic E-state index is -2.34. The molecular weight excluding hydrogens is 296 g/mol. The van der Waals surface area contributed by atoms with Crippen LogP contribution in [0.3, 0.4) is 0 Å². The van der Waals surface area contributed by atoms with E-state index < -0.39 is 12.5 Å². The highest BCUT2D eigenvalue weighted by atomic mass is 19.3. The van der Waals surface area contributed by atoms with Crippen molar-refractivity contribution in [3.63, 3.8) is 0 Å². The molecule has 4 saturated carbocycles. The Morgan fingerprint density at radius 2 is 1.74 bits per heavy atom. The fraction of sp³-hybridized carbons (Fsp3) is 0.833. The number of nitrogens with one attached hydrogen (secondary N) is 1. The molecule has 2 atom stereocenters. The molecule has 0 radical (unpaired) electrons. The molecule has 6 rings (SSSR count). The van der Waals surface area contributed by atoms with Crippen molar-refractivity contribution < 1.29 is 8.78 Å². The average Bonchev–Trinajstić information content (AvgIpc) is 2.84. The molecule has 0 spiro atoms. The van der Waals surface area contributed by atoms with Gasteiger partial charge in [0.05, 0.1) is 5.69 Å². The third kappa shape index (κ3) is 2.07. The Balaban J connectivity index is 1.50. The van der Waals surface area contributed by atoms with Gasteiger partial charge in [0.1, 0.15) is 11.9 Å². The van der Waals surface area contributed by atoms with E-state index in [0.717, 1.165) is 29.3 Å². The molecule has 4 fully saturated rings. The third-order valence-electron chi connectivity index (χ3n) is 7.09. The van der Waals surface area contributed by atoms with Gasteiger partial charge in [-0.2, -0.15) is 5.10 Å². The number of rotatable bonds is 2. The van der Waals surface area contributed by atoms with Gasteiger partial charge in [-0.1, -0.05) is 0 Å². The van der Waals surface area contributed by atoms with Crippen LogP contribution in [0.1, 0.15) is 56.7 Å². The number of halogens is 2. The quantitative estimate of drug-likeness (QED) is 0.875. The zero-order chi connectivity index (χ0) is 15.8. The lowest BCUT2D eigenvalue weighted by atomic mass is 9.47. The normalized spacial score (nSPS) is 44.4. The second kappa shape index (κ2) is 4.70. The molecule has 0 unspecified atom stereocenters. The van der Waals surface area contributed by atoms with Crippen LogP contribution in [-0.2, 0) is 0 Å². The number of aryl methyl sites for hydroxylation is 1. The number of fused-ring (bicyclic) bond motifs is 1. The van der Waals surface area contributed by atoms with Crippen LogP contribution in [0.2, 0.25) is 0 Å². The van der Waals surface area contributed by atoms with Crippen LogP contribution in [0, 0.1) is 30.1 Å². The Morgan fingerprint density at radius 1 is 1.13 bits per heavy atom. The van der Waals surface area contributed by atoms with Crippen LogP contribution in [-0.4, -0.2) is 22.2 Å². The highest BCUT2D eigenvalue weighted by Gasteiger charge is 2.55. The Labute approximate surface area is 135 Å². The first kappa shape index (κ1) is 14.2. The molecule has 1 aliphatic heterocycles. The fourth-order valence-electron chi connectivity index (χ4n) is 6.67. The molecule has 1 aromatic heterocycles. The summed E-state index contributed by atoms with van der Waals surface area (Å²) in [5, 5.41) is 7.94. The molecule has 126 valence electrons. The second-order valence-corrected chi connectivity index (χ2v) is 8.73. The largest absolute Gasteiger partial charge is 0.367 e. The van der Waals surface area contributed by atoms with Crippen molar-refractivity contribution in [2.45, 2.75) is 70.4 Å². The maximum Gasteiger partial charge on any atom is 0.260 e. The average molecular weight is 321 g/mol. The molecule has 5 heteroatoms. The predicted octanol–water partition coefficient (Wildman–Crippen LogP) is 4.40. The fourth-order valence-corrected chi connectivity index (χ4v) is 6.67. The number of anilines is 1. The Kier molecular flexibility index (Phi) is 2.91. The topological polar surface area (TPSA) is 29.9 Å². The van der Waals surface area contributed by atoms with E-state index in [1.165, 1.54) is 43.2 Å². The van der Waals surface area contributed by atoms with E-state index in [-0.39, 0.29) is 11.5 Å². The summed E-state index contributed by atoms with van der Waals surface area (Å²) in [5.74, 6) is 3.35. The Bertz CT molecular complexity index is 588. The molecule has 0 saturated heterocycles. The number of aromatic nitrogens is 2. The molecule has 3 nitrogen and oxygen atoms in total. The molecule has 4 aliphatic carbocycles. The summed E-state index contributed by atoms with van der Waals surface area (Å²) in [6.07, 6.45) is 6.10. The zero-order valence-electron chi connectivity index (χ0n) is 13.6. The van der Waals surface area contributed by atoms with Crippen LogP contribution >= 0.6 is 0 Å². The standard InChI is InChI=1S/C18H25F2N3/c1-10-2-16-21-15(6-14(17(19)20)23(16)22-10)18-7-11-3-12(8-18)5-13(4-11)9-18/h2,11-15,17,21H,3-9H2,1H3/t11?,12?,13?,14-,15-,18?/m0/s1. The monoisotopic (exact) mass is 321 g/mol. The summed E-state index contributed by atoms with van der Waals surface area (Å²) in [7, 11) is 0. The van der Waals surface area contributed by atoms with Gasteiger partial charge in [-0.05, 0) is 75.0 Å². The molecule has 23 heavy (non-hydrogen) atoms. The van der Waals surface area contributed by atoms with Gasteiger partial charge < -0.3 is 5.32 Å². The van der Waals surface area contributed by atoms with Crippen molar-refractivity contribution in [2.24, 2.45) is 23.2 Å². The first-order chi connectivity index (χ1) is 11.0.